The van der Waals surface area contributed by atoms with Crippen molar-refractivity contribution in [2.75, 3.05) is 11.9 Å². The van der Waals surface area contributed by atoms with Gasteiger partial charge in [0.1, 0.15) is 23.9 Å². The molecule has 3 aromatic rings. The minimum Gasteiger partial charge on any atom is -0.361 e. The molecule has 0 atom stereocenters. The van der Waals surface area contributed by atoms with Crippen molar-refractivity contribution in [3.63, 3.8) is 0 Å². The van der Waals surface area contributed by atoms with Gasteiger partial charge in [-0.3, -0.25) is 4.79 Å². The lowest BCUT2D eigenvalue weighted by Crippen LogP contribution is -2.40. The van der Waals surface area contributed by atoms with Crippen molar-refractivity contribution in [2.24, 2.45) is 0 Å². The molecular formula is C22H33N7O2Si. The number of rotatable bonds is 8. The second-order valence-corrected chi connectivity index (χ2v) is 15.8. The fourth-order valence-electron chi connectivity index (χ4n) is 2.93. The largest absolute Gasteiger partial charge is 0.361 e. The highest BCUT2D eigenvalue weighted by Crippen LogP contribution is 2.22. The van der Waals surface area contributed by atoms with Gasteiger partial charge < -0.3 is 19.9 Å². The number of carbonyl (C=O) groups is 1. The Hall–Kier alpha value is -2.85. The van der Waals surface area contributed by atoms with Crippen LogP contribution in [-0.2, 0) is 11.5 Å². The first-order chi connectivity index (χ1) is 14.9. The lowest BCUT2D eigenvalue weighted by atomic mass is 10.1. The van der Waals surface area contributed by atoms with Gasteiger partial charge in [0.05, 0.1) is 29.8 Å². The molecule has 9 nitrogen and oxygen atoms in total. The van der Waals surface area contributed by atoms with Crippen molar-refractivity contribution >= 4 is 36.7 Å². The molecule has 0 fully saturated rings. The highest BCUT2D eigenvalue weighted by Gasteiger charge is 2.22. The number of aromatic nitrogens is 5. The zero-order chi connectivity index (χ0) is 23.5. The number of aryl methyl sites for hydroxylation is 1. The van der Waals surface area contributed by atoms with Gasteiger partial charge in [0.15, 0.2) is 5.65 Å². The molecule has 0 aliphatic rings. The lowest BCUT2D eigenvalue weighted by Gasteiger charge is -2.20. The van der Waals surface area contributed by atoms with Gasteiger partial charge in [-0.15, -0.1) is 0 Å². The Bertz CT molecular complexity index is 1080. The van der Waals surface area contributed by atoms with Gasteiger partial charge in [-0.25, -0.2) is 19.9 Å². The summed E-state index contributed by atoms with van der Waals surface area (Å²) in [6.07, 6.45) is 6.75. The number of hydrogen-bond donors (Lipinski definition) is 2. The van der Waals surface area contributed by atoms with E-state index in [9.17, 15) is 4.79 Å². The second kappa shape index (κ2) is 9.33. The summed E-state index contributed by atoms with van der Waals surface area (Å²) < 4.78 is 7.74. The third-order valence-corrected chi connectivity index (χ3v) is 6.28. The van der Waals surface area contributed by atoms with Gasteiger partial charge in [-0.1, -0.05) is 19.6 Å². The van der Waals surface area contributed by atoms with Crippen LogP contribution in [-0.4, -0.2) is 50.6 Å². The van der Waals surface area contributed by atoms with Gasteiger partial charge in [0.2, 0.25) is 0 Å². The summed E-state index contributed by atoms with van der Waals surface area (Å²) in [7, 11) is -1.18. The van der Waals surface area contributed by atoms with E-state index in [1.165, 1.54) is 0 Å². The average molecular weight is 456 g/mol. The lowest BCUT2D eigenvalue weighted by molar-refractivity contribution is 0.0886. The monoisotopic (exact) mass is 455 g/mol. The second-order valence-electron chi connectivity index (χ2n) is 10.1. The van der Waals surface area contributed by atoms with Crippen molar-refractivity contribution in [1.29, 1.82) is 0 Å². The molecule has 0 aliphatic heterocycles. The van der Waals surface area contributed by atoms with E-state index in [4.69, 9.17) is 4.74 Å². The smallest absolute Gasteiger partial charge is 0.255 e. The molecule has 0 spiro atoms. The number of ether oxygens (including phenoxy) is 1. The third kappa shape index (κ3) is 6.57. The van der Waals surface area contributed by atoms with Crippen LogP contribution in [0.5, 0.6) is 0 Å². The summed E-state index contributed by atoms with van der Waals surface area (Å²) in [4.78, 5) is 30.6. The molecule has 2 N–H and O–H groups in total. The van der Waals surface area contributed by atoms with E-state index in [0.29, 0.717) is 47.4 Å². The SMILES string of the molecule is Cc1ncc(Nc2cnc3c(n2)c(C(=O)NC(C)(C)C)cn3COCC[Si](C)(C)C)cn1. The minimum atomic E-state index is -1.18. The molecule has 10 heteroatoms. The highest BCUT2D eigenvalue weighted by atomic mass is 28.3. The number of anilines is 2. The topological polar surface area (TPSA) is 107 Å². The Kier molecular flexibility index (Phi) is 6.94. The molecule has 3 aromatic heterocycles. The summed E-state index contributed by atoms with van der Waals surface area (Å²) in [5.74, 6) is 0.991. The first-order valence-electron chi connectivity index (χ1n) is 10.7. The molecular weight excluding hydrogens is 422 g/mol. The molecule has 3 rings (SSSR count). The van der Waals surface area contributed by atoms with E-state index >= 15 is 0 Å². The standard InChI is InChI=1S/C22H33N7O2Si/c1-15-23-10-16(11-24-15)26-18-12-25-20-19(27-18)17(21(30)28-22(2,3)4)13-29(20)14-31-8-9-32(5,6)7/h10-13H,8-9,14H2,1-7H3,(H,26,27)(H,28,30). The molecule has 0 aliphatic carbocycles. The molecule has 0 bridgehead atoms. The highest BCUT2D eigenvalue weighted by molar-refractivity contribution is 6.76. The van der Waals surface area contributed by atoms with Crippen LogP contribution < -0.4 is 10.6 Å². The number of carbonyl (C=O) groups excluding carboxylic acids is 1. The van der Waals surface area contributed by atoms with Crippen LogP contribution in [0.1, 0.15) is 37.0 Å². The van der Waals surface area contributed by atoms with E-state index in [1.807, 2.05) is 32.3 Å². The van der Waals surface area contributed by atoms with Crippen LogP contribution in [0.25, 0.3) is 11.2 Å². The van der Waals surface area contributed by atoms with Gasteiger partial charge in [-0.05, 0) is 33.7 Å². The summed E-state index contributed by atoms with van der Waals surface area (Å²) >= 11 is 0. The quantitative estimate of drug-likeness (QED) is 0.389. The average Bonchev–Trinajstić information content (AvgIpc) is 3.03. The zero-order valence-corrected chi connectivity index (χ0v) is 21.0. The summed E-state index contributed by atoms with van der Waals surface area (Å²) in [6, 6.07) is 1.07. The van der Waals surface area contributed by atoms with Crippen molar-refractivity contribution in [1.82, 2.24) is 29.8 Å². The molecule has 172 valence electrons. The number of fused-ring (bicyclic) bond motifs is 1. The molecule has 3 heterocycles. The third-order valence-electron chi connectivity index (χ3n) is 4.58. The molecule has 32 heavy (non-hydrogen) atoms. The fraction of sp³-hybridized carbons (Fsp3) is 0.500. The molecule has 1 amide bonds. The summed E-state index contributed by atoms with van der Waals surface area (Å²) in [5.41, 5.74) is 1.89. The van der Waals surface area contributed by atoms with E-state index in [-0.39, 0.29) is 11.4 Å². The van der Waals surface area contributed by atoms with Crippen molar-refractivity contribution in [2.45, 2.75) is 65.6 Å². The number of amides is 1. The van der Waals surface area contributed by atoms with E-state index in [1.54, 1.807) is 24.8 Å². The fourth-order valence-corrected chi connectivity index (χ4v) is 3.69. The minimum absolute atomic E-state index is 0.200. The molecule has 0 aromatic carbocycles. The van der Waals surface area contributed by atoms with E-state index in [2.05, 4.69) is 50.2 Å². The maximum absolute atomic E-state index is 13.0. The summed E-state index contributed by atoms with van der Waals surface area (Å²) in [5, 5.41) is 6.16. The van der Waals surface area contributed by atoms with E-state index < -0.39 is 8.07 Å². The Labute approximate surface area is 190 Å². The number of nitrogens with zero attached hydrogens (tertiary/aromatic N) is 5. The van der Waals surface area contributed by atoms with Crippen LogP contribution in [0.4, 0.5) is 11.5 Å². The maximum Gasteiger partial charge on any atom is 0.255 e. The predicted molar refractivity (Wildman–Crippen MR) is 129 cm³/mol. The van der Waals surface area contributed by atoms with Gasteiger partial charge in [0.25, 0.3) is 5.91 Å². The van der Waals surface area contributed by atoms with Crippen molar-refractivity contribution in [3.05, 3.63) is 36.2 Å². The van der Waals surface area contributed by atoms with Gasteiger partial charge in [0, 0.05) is 26.4 Å². The van der Waals surface area contributed by atoms with Crippen molar-refractivity contribution < 1.29 is 9.53 Å². The molecule has 0 saturated heterocycles. The zero-order valence-electron chi connectivity index (χ0n) is 20.0. The van der Waals surface area contributed by atoms with Crippen LogP contribution in [0.15, 0.2) is 24.8 Å². The molecule has 0 saturated carbocycles. The van der Waals surface area contributed by atoms with E-state index in [0.717, 1.165) is 6.04 Å². The predicted octanol–water partition coefficient (Wildman–Crippen LogP) is 4.11. The Balaban J connectivity index is 1.90. The summed E-state index contributed by atoms with van der Waals surface area (Å²) in [6.45, 7) is 15.6. The first-order valence-corrected chi connectivity index (χ1v) is 14.4. The van der Waals surface area contributed by atoms with Crippen LogP contribution in [0, 0.1) is 6.92 Å². The van der Waals surface area contributed by atoms with Crippen LogP contribution >= 0.6 is 0 Å². The molecule has 0 radical (unpaired) electrons. The van der Waals surface area contributed by atoms with Crippen LogP contribution in [0.3, 0.4) is 0 Å². The molecule has 0 unspecified atom stereocenters. The maximum atomic E-state index is 13.0. The van der Waals surface area contributed by atoms with Gasteiger partial charge in [-0.2, -0.15) is 0 Å². The van der Waals surface area contributed by atoms with Crippen LogP contribution in [0.2, 0.25) is 25.7 Å². The normalized spacial score (nSPS) is 12.2. The van der Waals surface area contributed by atoms with Gasteiger partial charge >= 0.3 is 0 Å². The first kappa shape index (κ1) is 23.8. The number of hydrogen-bond acceptors (Lipinski definition) is 7. The number of nitrogens with one attached hydrogen (secondary N) is 2. The Morgan fingerprint density at radius 3 is 2.44 bits per heavy atom. The Morgan fingerprint density at radius 2 is 1.81 bits per heavy atom. The van der Waals surface area contributed by atoms with Crippen molar-refractivity contribution in [3.8, 4) is 0 Å². The Morgan fingerprint density at radius 1 is 1.12 bits per heavy atom.